The molecule has 0 aliphatic heterocycles. The lowest BCUT2D eigenvalue weighted by atomic mass is 9.85. The summed E-state index contributed by atoms with van der Waals surface area (Å²) in [6.45, 7) is 7.27. The Morgan fingerprint density at radius 2 is 2.12 bits per heavy atom. The molecule has 3 nitrogen and oxygen atoms in total. The Labute approximate surface area is 102 Å². The summed E-state index contributed by atoms with van der Waals surface area (Å²) in [6, 6.07) is 3.84. The van der Waals surface area contributed by atoms with Gasteiger partial charge in [0.15, 0.2) is 5.22 Å². The number of nitrogens with one attached hydrogen (secondary N) is 1. The van der Waals surface area contributed by atoms with Gasteiger partial charge >= 0.3 is 0 Å². The van der Waals surface area contributed by atoms with Crippen molar-refractivity contribution in [3.63, 3.8) is 0 Å². The fourth-order valence-electron chi connectivity index (χ4n) is 1.64. The Morgan fingerprint density at radius 1 is 1.44 bits per heavy atom. The predicted molar refractivity (Wildman–Crippen MR) is 65.5 cm³/mol. The molecule has 2 N–H and O–H groups in total. The van der Waals surface area contributed by atoms with Crippen LogP contribution in [0.4, 0.5) is 0 Å². The molecule has 1 rings (SSSR count). The van der Waals surface area contributed by atoms with Crippen LogP contribution in [0.5, 0.6) is 0 Å². The Kier molecular flexibility index (Phi) is 4.84. The van der Waals surface area contributed by atoms with E-state index in [0.717, 1.165) is 12.2 Å². The van der Waals surface area contributed by atoms with Crippen molar-refractivity contribution in [2.75, 3.05) is 6.61 Å². The third kappa shape index (κ3) is 4.16. The molecule has 0 saturated heterocycles. The average Bonchev–Trinajstić information content (AvgIpc) is 2.57. The van der Waals surface area contributed by atoms with E-state index < -0.39 is 0 Å². The van der Waals surface area contributed by atoms with Crippen LogP contribution in [0.2, 0.25) is 5.22 Å². The SMILES string of the molecule is CC(C)(C)C(CCO)NCc1ccc(Cl)o1. The maximum atomic E-state index is 9.02. The van der Waals surface area contributed by atoms with Crippen LogP contribution in [0.15, 0.2) is 16.5 Å². The summed E-state index contributed by atoms with van der Waals surface area (Å²) in [6.07, 6.45) is 0.734. The molecule has 92 valence electrons. The van der Waals surface area contributed by atoms with Gasteiger partial charge in [0.25, 0.3) is 0 Å². The van der Waals surface area contributed by atoms with Crippen LogP contribution in [0.3, 0.4) is 0 Å². The topological polar surface area (TPSA) is 45.4 Å². The van der Waals surface area contributed by atoms with Gasteiger partial charge in [-0.2, -0.15) is 0 Å². The van der Waals surface area contributed by atoms with Crippen LogP contribution in [0.1, 0.15) is 33.0 Å². The standard InChI is InChI=1S/C12H20ClNO2/c1-12(2,3)10(6-7-15)14-8-9-4-5-11(13)16-9/h4-5,10,14-15H,6-8H2,1-3H3. The van der Waals surface area contributed by atoms with E-state index in [4.69, 9.17) is 21.1 Å². The molecular weight excluding hydrogens is 226 g/mol. The molecule has 0 aromatic carbocycles. The van der Waals surface area contributed by atoms with Crippen molar-refractivity contribution in [3.8, 4) is 0 Å². The third-order valence-corrected chi connectivity index (χ3v) is 2.82. The van der Waals surface area contributed by atoms with Gasteiger partial charge in [-0.3, -0.25) is 0 Å². The van der Waals surface area contributed by atoms with E-state index in [1.54, 1.807) is 6.07 Å². The van der Waals surface area contributed by atoms with Gasteiger partial charge in [-0.05, 0) is 35.6 Å². The predicted octanol–water partition coefficient (Wildman–Crippen LogP) is 2.82. The minimum atomic E-state index is 0.110. The highest BCUT2D eigenvalue weighted by Gasteiger charge is 2.23. The van der Waals surface area contributed by atoms with Crippen LogP contribution in [-0.2, 0) is 6.54 Å². The van der Waals surface area contributed by atoms with Crippen molar-refractivity contribution in [2.24, 2.45) is 5.41 Å². The summed E-state index contributed by atoms with van der Waals surface area (Å²) in [5, 5.41) is 12.8. The van der Waals surface area contributed by atoms with Crippen molar-refractivity contribution in [3.05, 3.63) is 23.1 Å². The summed E-state index contributed by atoms with van der Waals surface area (Å²) in [5.74, 6) is 0.817. The maximum Gasteiger partial charge on any atom is 0.193 e. The zero-order chi connectivity index (χ0) is 12.2. The second-order valence-corrected chi connectivity index (χ2v) is 5.39. The first-order valence-electron chi connectivity index (χ1n) is 5.52. The lowest BCUT2D eigenvalue weighted by Gasteiger charge is -2.31. The van der Waals surface area contributed by atoms with E-state index in [-0.39, 0.29) is 18.1 Å². The van der Waals surface area contributed by atoms with Gasteiger partial charge in [-0.25, -0.2) is 0 Å². The first-order chi connectivity index (χ1) is 7.43. The highest BCUT2D eigenvalue weighted by Crippen LogP contribution is 2.22. The van der Waals surface area contributed by atoms with E-state index >= 15 is 0 Å². The van der Waals surface area contributed by atoms with Crippen LogP contribution < -0.4 is 5.32 Å². The van der Waals surface area contributed by atoms with Gasteiger partial charge in [0.2, 0.25) is 0 Å². The molecule has 0 aliphatic carbocycles. The van der Waals surface area contributed by atoms with Crippen LogP contribution in [0.25, 0.3) is 0 Å². The summed E-state index contributed by atoms with van der Waals surface area (Å²) in [4.78, 5) is 0. The molecule has 0 fully saturated rings. The van der Waals surface area contributed by atoms with Crippen molar-refractivity contribution in [1.82, 2.24) is 5.32 Å². The maximum absolute atomic E-state index is 9.02. The summed E-state index contributed by atoms with van der Waals surface area (Å²) >= 11 is 5.69. The van der Waals surface area contributed by atoms with Gasteiger partial charge in [0.05, 0.1) is 6.54 Å². The Morgan fingerprint density at radius 3 is 2.56 bits per heavy atom. The lowest BCUT2D eigenvalue weighted by molar-refractivity contribution is 0.194. The minimum Gasteiger partial charge on any atom is -0.448 e. The molecular formula is C12H20ClNO2. The lowest BCUT2D eigenvalue weighted by Crippen LogP contribution is -2.40. The van der Waals surface area contributed by atoms with Crippen molar-refractivity contribution in [1.29, 1.82) is 0 Å². The van der Waals surface area contributed by atoms with Gasteiger partial charge in [-0.15, -0.1) is 0 Å². The van der Waals surface area contributed by atoms with Crippen molar-refractivity contribution in [2.45, 2.75) is 39.8 Å². The number of aliphatic hydroxyl groups is 1. The van der Waals surface area contributed by atoms with E-state index in [0.29, 0.717) is 11.8 Å². The first kappa shape index (κ1) is 13.6. The van der Waals surface area contributed by atoms with E-state index in [1.165, 1.54) is 0 Å². The monoisotopic (exact) mass is 245 g/mol. The second-order valence-electron chi connectivity index (χ2n) is 5.02. The summed E-state index contributed by atoms with van der Waals surface area (Å²) in [7, 11) is 0. The smallest absolute Gasteiger partial charge is 0.193 e. The molecule has 0 amide bonds. The molecule has 4 heteroatoms. The number of halogens is 1. The van der Waals surface area contributed by atoms with Crippen molar-refractivity contribution < 1.29 is 9.52 Å². The third-order valence-electron chi connectivity index (χ3n) is 2.61. The van der Waals surface area contributed by atoms with E-state index in [2.05, 4.69) is 26.1 Å². The number of rotatable bonds is 5. The van der Waals surface area contributed by atoms with E-state index in [1.807, 2.05) is 6.07 Å². The normalized spacial score (nSPS) is 14.1. The minimum absolute atomic E-state index is 0.110. The Bertz CT molecular complexity index is 317. The number of aliphatic hydroxyl groups excluding tert-OH is 1. The van der Waals surface area contributed by atoms with E-state index in [9.17, 15) is 0 Å². The molecule has 0 bridgehead atoms. The zero-order valence-corrected chi connectivity index (χ0v) is 10.8. The molecule has 1 unspecified atom stereocenters. The highest BCUT2D eigenvalue weighted by molar-refractivity contribution is 6.28. The van der Waals surface area contributed by atoms with Gasteiger partial charge in [0.1, 0.15) is 5.76 Å². The molecule has 1 heterocycles. The number of hydrogen-bond acceptors (Lipinski definition) is 3. The van der Waals surface area contributed by atoms with Crippen LogP contribution in [0, 0.1) is 5.41 Å². The Hall–Kier alpha value is -0.510. The second kappa shape index (κ2) is 5.71. The Balaban J connectivity index is 2.50. The molecule has 0 spiro atoms. The quantitative estimate of drug-likeness (QED) is 0.839. The molecule has 0 radical (unpaired) electrons. The molecule has 1 aromatic rings. The summed E-state index contributed by atoms with van der Waals surface area (Å²) in [5.41, 5.74) is 0.110. The van der Waals surface area contributed by atoms with Crippen LogP contribution >= 0.6 is 11.6 Å². The molecule has 0 saturated carbocycles. The zero-order valence-electron chi connectivity index (χ0n) is 10.1. The fourth-order valence-corrected chi connectivity index (χ4v) is 1.80. The molecule has 0 aliphatic rings. The fraction of sp³-hybridized carbons (Fsp3) is 0.667. The van der Waals surface area contributed by atoms with Crippen LogP contribution in [-0.4, -0.2) is 17.8 Å². The van der Waals surface area contributed by atoms with Gasteiger partial charge < -0.3 is 14.8 Å². The summed E-state index contributed by atoms with van der Waals surface area (Å²) < 4.78 is 5.27. The molecule has 1 atom stereocenters. The largest absolute Gasteiger partial charge is 0.448 e. The molecule has 1 aromatic heterocycles. The number of furan rings is 1. The molecule has 16 heavy (non-hydrogen) atoms. The highest BCUT2D eigenvalue weighted by atomic mass is 35.5. The van der Waals surface area contributed by atoms with Gasteiger partial charge in [0, 0.05) is 12.6 Å². The average molecular weight is 246 g/mol. The van der Waals surface area contributed by atoms with Gasteiger partial charge in [-0.1, -0.05) is 20.8 Å². The van der Waals surface area contributed by atoms with Crippen molar-refractivity contribution >= 4 is 11.6 Å². The number of hydrogen-bond donors (Lipinski definition) is 2. The first-order valence-corrected chi connectivity index (χ1v) is 5.89.